The number of benzene rings is 1. The van der Waals surface area contributed by atoms with Gasteiger partial charge in [-0.15, -0.1) is 0 Å². The molecule has 1 aromatic heterocycles. The Kier molecular flexibility index (Phi) is 4.46. The highest BCUT2D eigenvalue weighted by molar-refractivity contribution is 6.30. The summed E-state index contributed by atoms with van der Waals surface area (Å²) >= 11 is 6.10. The maximum Gasteiger partial charge on any atom is 0.130 e. The van der Waals surface area contributed by atoms with Crippen molar-refractivity contribution in [2.75, 3.05) is 0 Å². The molecule has 0 unspecified atom stereocenters. The number of nitrogens with one attached hydrogen (secondary N) is 1. The zero-order chi connectivity index (χ0) is 14.7. The number of nitrogens with zero attached hydrogens (tertiary/aromatic N) is 2. The second-order valence-corrected chi connectivity index (χ2v) is 5.80. The van der Waals surface area contributed by atoms with Gasteiger partial charge < -0.3 is 14.6 Å². The van der Waals surface area contributed by atoms with E-state index in [1.807, 2.05) is 30.7 Å². The quantitative estimate of drug-likeness (QED) is 0.852. The molecule has 21 heavy (non-hydrogen) atoms. The van der Waals surface area contributed by atoms with Crippen LogP contribution in [-0.4, -0.2) is 15.6 Å². The highest BCUT2D eigenvalue weighted by Gasteiger charge is 2.20. The van der Waals surface area contributed by atoms with E-state index < -0.39 is 0 Å². The van der Waals surface area contributed by atoms with Crippen LogP contribution in [0.2, 0.25) is 5.02 Å². The van der Waals surface area contributed by atoms with Gasteiger partial charge in [-0.3, -0.25) is 0 Å². The van der Waals surface area contributed by atoms with Gasteiger partial charge in [-0.05, 0) is 38.0 Å². The largest absolute Gasteiger partial charge is 0.487 e. The van der Waals surface area contributed by atoms with Crippen molar-refractivity contribution in [3.8, 4) is 5.75 Å². The van der Waals surface area contributed by atoms with Crippen molar-refractivity contribution in [2.24, 2.45) is 0 Å². The fraction of sp³-hybridized carbons (Fsp3) is 0.438. The molecule has 2 aromatic rings. The first-order valence-electron chi connectivity index (χ1n) is 7.40. The molecular formula is C16H20ClN3O. The molecule has 0 atom stereocenters. The van der Waals surface area contributed by atoms with E-state index in [1.165, 1.54) is 12.8 Å². The molecule has 4 nitrogen and oxygen atoms in total. The zero-order valence-corrected chi connectivity index (χ0v) is 12.9. The van der Waals surface area contributed by atoms with Gasteiger partial charge in [0.05, 0.1) is 18.2 Å². The first-order valence-corrected chi connectivity index (χ1v) is 7.77. The lowest BCUT2D eigenvalue weighted by Gasteiger charge is -2.13. The summed E-state index contributed by atoms with van der Waals surface area (Å²) in [4.78, 5) is 4.16. The number of aromatic nitrogens is 2. The molecule has 3 rings (SSSR count). The second-order valence-electron chi connectivity index (χ2n) is 5.37. The van der Waals surface area contributed by atoms with Gasteiger partial charge in [0.1, 0.15) is 12.4 Å². The lowest BCUT2D eigenvalue weighted by Crippen LogP contribution is -2.16. The summed E-state index contributed by atoms with van der Waals surface area (Å²) in [5.74, 6) is 0.886. The van der Waals surface area contributed by atoms with Crippen LogP contribution in [0.15, 0.2) is 30.7 Å². The zero-order valence-electron chi connectivity index (χ0n) is 12.2. The molecule has 0 aliphatic heterocycles. The van der Waals surface area contributed by atoms with Crippen molar-refractivity contribution in [2.45, 2.75) is 45.5 Å². The molecular weight excluding hydrogens is 286 g/mol. The number of imidazole rings is 1. The Bertz CT molecular complexity index is 607. The minimum atomic E-state index is 0.520. The number of ether oxygens (including phenoxy) is 1. The Balaban J connectivity index is 1.68. The molecule has 1 aromatic carbocycles. The molecule has 5 heteroatoms. The highest BCUT2D eigenvalue weighted by Crippen LogP contribution is 2.26. The molecule has 0 spiro atoms. The van der Waals surface area contributed by atoms with Gasteiger partial charge >= 0.3 is 0 Å². The number of halogens is 1. The van der Waals surface area contributed by atoms with Crippen LogP contribution >= 0.6 is 11.6 Å². The van der Waals surface area contributed by atoms with Crippen LogP contribution in [-0.2, 0) is 19.7 Å². The molecule has 1 N–H and O–H groups in total. The van der Waals surface area contributed by atoms with Gasteiger partial charge in [-0.1, -0.05) is 11.6 Å². The van der Waals surface area contributed by atoms with E-state index >= 15 is 0 Å². The molecule has 0 amide bonds. The molecule has 0 saturated heterocycles. The monoisotopic (exact) mass is 305 g/mol. The summed E-state index contributed by atoms with van der Waals surface area (Å²) in [6.45, 7) is 4.31. The average molecular weight is 306 g/mol. The maximum atomic E-state index is 6.10. The van der Waals surface area contributed by atoms with Crippen LogP contribution in [0.25, 0.3) is 0 Å². The number of rotatable bonds is 7. The normalized spacial score (nSPS) is 14.4. The van der Waals surface area contributed by atoms with E-state index in [0.717, 1.165) is 35.1 Å². The molecule has 0 radical (unpaired) electrons. The predicted molar refractivity (Wildman–Crippen MR) is 83.5 cm³/mol. The van der Waals surface area contributed by atoms with Crippen molar-refractivity contribution < 1.29 is 4.74 Å². The standard InChI is InChI=1S/C16H20ClN3O/c1-2-20-11-18-9-15(20)10-21-16-6-3-13(17)7-12(16)8-19-14-4-5-14/h3,6-7,9,11,14,19H,2,4-5,8,10H2,1H3. The van der Waals surface area contributed by atoms with E-state index in [0.29, 0.717) is 12.6 Å². The van der Waals surface area contributed by atoms with Gasteiger partial charge in [-0.2, -0.15) is 0 Å². The third kappa shape index (κ3) is 3.77. The van der Waals surface area contributed by atoms with Crippen LogP contribution in [0, 0.1) is 0 Å². The minimum absolute atomic E-state index is 0.520. The number of hydrogen-bond donors (Lipinski definition) is 1. The summed E-state index contributed by atoms with van der Waals surface area (Å²) in [5.41, 5.74) is 2.19. The van der Waals surface area contributed by atoms with Crippen LogP contribution < -0.4 is 10.1 Å². The molecule has 1 fully saturated rings. The molecule has 0 bridgehead atoms. The van der Waals surface area contributed by atoms with E-state index in [1.54, 1.807) is 0 Å². The predicted octanol–water partition coefficient (Wildman–Crippen LogP) is 3.39. The van der Waals surface area contributed by atoms with Crippen LogP contribution in [0.3, 0.4) is 0 Å². The van der Waals surface area contributed by atoms with E-state index in [-0.39, 0.29) is 0 Å². The van der Waals surface area contributed by atoms with Crippen molar-refractivity contribution >= 4 is 11.6 Å². The fourth-order valence-electron chi connectivity index (χ4n) is 2.27. The summed E-state index contributed by atoms with van der Waals surface area (Å²) in [6.07, 6.45) is 6.22. The van der Waals surface area contributed by atoms with Crippen LogP contribution in [0.5, 0.6) is 5.75 Å². The average Bonchev–Trinajstić information content (AvgIpc) is 3.21. The maximum absolute atomic E-state index is 6.10. The van der Waals surface area contributed by atoms with Crippen LogP contribution in [0.1, 0.15) is 31.0 Å². The smallest absolute Gasteiger partial charge is 0.130 e. The molecule has 1 aliphatic carbocycles. The van der Waals surface area contributed by atoms with Gasteiger partial charge in [-0.25, -0.2) is 4.98 Å². The Morgan fingerprint density at radius 2 is 2.29 bits per heavy atom. The Hall–Kier alpha value is -1.52. The summed E-state index contributed by atoms with van der Waals surface area (Å²) in [6, 6.07) is 6.45. The van der Waals surface area contributed by atoms with E-state index in [9.17, 15) is 0 Å². The minimum Gasteiger partial charge on any atom is -0.487 e. The first-order chi connectivity index (χ1) is 10.3. The molecule has 1 aliphatic rings. The Morgan fingerprint density at radius 1 is 1.43 bits per heavy atom. The van der Waals surface area contributed by atoms with Crippen molar-refractivity contribution in [3.05, 3.63) is 47.0 Å². The first kappa shape index (κ1) is 14.4. The van der Waals surface area contributed by atoms with Crippen molar-refractivity contribution in [1.82, 2.24) is 14.9 Å². The third-order valence-electron chi connectivity index (χ3n) is 3.70. The summed E-state index contributed by atoms with van der Waals surface area (Å²) in [7, 11) is 0. The Labute approximate surface area is 130 Å². The topological polar surface area (TPSA) is 39.1 Å². The second kappa shape index (κ2) is 6.50. The van der Waals surface area contributed by atoms with Gasteiger partial charge in [0.25, 0.3) is 0 Å². The lowest BCUT2D eigenvalue weighted by atomic mass is 10.2. The van der Waals surface area contributed by atoms with Gasteiger partial charge in [0.2, 0.25) is 0 Å². The number of hydrogen-bond acceptors (Lipinski definition) is 3. The fourth-order valence-corrected chi connectivity index (χ4v) is 2.47. The van der Waals surface area contributed by atoms with Crippen molar-refractivity contribution in [3.63, 3.8) is 0 Å². The number of aryl methyl sites for hydroxylation is 1. The van der Waals surface area contributed by atoms with Gasteiger partial charge in [0.15, 0.2) is 0 Å². The Morgan fingerprint density at radius 3 is 3.05 bits per heavy atom. The van der Waals surface area contributed by atoms with E-state index in [4.69, 9.17) is 16.3 Å². The van der Waals surface area contributed by atoms with Crippen molar-refractivity contribution in [1.29, 1.82) is 0 Å². The van der Waals surface area contributed by atoms with Crippen LogP contribution in [0.4, 0.5) is 0 Å². The van der Waals surface area contributed by atoms with Gasteiger partial charge in [0, 0.05) is 29.7 Å². The molecule has 1 heterocycles. The van der Waals surface area contributed by atoms with E-state index in [2.05, 4.69) is 21.8 Å². The highest BCUT2D eigenvalue weighted by atomic mass is 35.5. The molecule has 1 saturated carbocycles. The SMILES string of the molecule is CCn1cncc1COc1ccc(Cl)cc1CNC1CC1. The summed E-state index contributed by atoms with van der Waals surface area (Å²) < 4.78 is 8.05. The summed E-state index contributed by atoms with van der Waals surface area (Å²) in [5, 5.41) is 4.24. The third-order valence-corrected chi connectivity index (χ3v) is 3.93. The lowest BCUT2D eigenvalue weighted by molar-refractivity contribution is 0.291. The molecule has 112 valence electrons.